The fourth-order valence-electron chi connectivity index (χ4n) is 3.91. The minimum atomic E-state index is -0.340. The van der Waals surface area contributed by atoms with Crippen LogP contribution in [0.5, 0.6) is 23.0 Å². The van der Waals surface area contributed by atoms with Gasteiger partial charge >= 0.3 is 0 Å². The van der Waals surface area contributed by atoms with Gasteiger partial charge in [-0.2, -0.15) is 0 Å². The molecular weight excluding hydrogens is 398 g/mol. The monoisotopic (exact) mass is 429 g/mol. The zero-order valence-electron chi connectivity index (χ0n) is 18.9. The Morgan fingerprint density at radius 2 is 1.65 bits per heavy atom. The molecule has 1 aliphatic rings. The molecule has 2 aromatic carbocycles. The van der Waals surface area contributed by atoms with Gasteiger partial charge in [-0.1, -0.05) is 17.7 Å². The summed E-state index contributed by atoms with van der Waals surface area (Å²) in [5, 5.41) is 3.01. The lowest BCUT2D eigenvalue weighted by molar-refractivity contribution is -0.124. The van der Waals surface area contributed by atoms with Gasteiger partial charge in [-0.25, -0.2) is 5.43 Å². The van der Waals surface area contributed by atoms with E-state index in [0.717, 1.165) is 16.7 Å². The van der Waals surface area contributed by atoms with Crippen LogP contribution >= 0.6 is 0 Å². The fraction of sp³-hybridized carbons (Fsp3) is 0.435. The Kier molecular flexibility index (Phi) is 7.25. The van der Waals surface area contributed by atoms with Crippen LogP contribution in [0.25, 0.3) is 0 Å². The third kappa shape index (κ3) is 5.03. The Morgan fingerprint density at radius 1 is 0.968 bits per heavy atom. The Hall–Kier alpha value is -2.97. The summed E-state index contributed by atoms with van der Waals surface area (Å²) < 4.78 is 22.1. The Labute approximate surface area is 183 Å². The van der Waals surface area contributed by atoms with Crippen molar-refractivity contribution in [1.29, 1.82) is 0 Å². The van der Waals surface area contributed by atoms with E-state index in [1.807, 2.05) is 51.1 Å². The molecule has 8 heteroatoms. The number of hydrazine groups is 1. The number of ether oxygens (including phenoxy) is 4. The molecule has 0 spiro atoms. The first-order valence-electron chi connectivity index (χ1n) is 10.2. The molecular formula is C23H31N3O5. The van der Waals surface area contributed by atoms with Crippen molar-refractivity contribution in [3.63, 3.8) is 0 Å². The highest BCUT2D eigenvalue weighted by atomic mass is 16.5. The zero-order valence-corrected chi connectivity index (χ0v) is 18.9. The first kappa shape index (κ1) is 22.7. The third-order valence-electron chi connectivity index (χ3n) is 5.44. The highest BCUT2D eigenvalue weighted by Gasteiger charge is 2.36. The molecule has 1 heterocycles. The number of hydrogen-bond acceptors (Lipinski definition) is 7. The molecule has 0 aliphatic carbocycles. The van der Waals surface area contributed by atoms with Gasteiger partial charge in [0.05, 0.1) is 21.3 Å². The molecule has 0 bridgehead atoms. The van der Waals surface area contributed by atoms with Gasteiger partial charge in [0.25, 0.3) is 5.91 Å². The van der Waals surface area contributed by atoms with E-state index in [1.54, 1.807) is 21.3 Å². The average Bonchev–Trinajstić information content (AvgIpc) is 3.11. The largest absolute Gasteiger partial charge is 0.493 e. The van der Waals surface area contributed by atoms with Gasteiger partial charge < -0.3 is 24.3 Å². The molecule has 1 amide bonds. The van der Waals surface area contributed by atoms with Crippen LogP contribution in [-0.2, 0) is 4.79 Å². The maximum Gasteiger partial charge on any atom is 0.259 e. The number of rotatable bonds is 8. The van der Waals surface area contributed by atoms with Crippen LogP contribution in [-0.4, -0.2) is 46.1 Å². The number of methoxy groups -OCH3 is 3. The van der Waals surface area contributed by atoms with E-state index >= 15 is 0 Å². The van der Waals surface area contributed by atoms with Crippen LogP contribution < -0.4 is 35.1 Å². The van der Waals surface area contributed by atoms with Crippen LogP contribution in [0.4, 0.5) is 0 Å². The number of carbonyl (C=O) groups excluding carboxylic acids is 1. The minimum Gasteiger partial charge on any atom is -0.493 e. The lowest BCUT2D eigenvalue weighted by Crippen LogP contribution is -2.47. The van der Waals surface area contributed by atoms with E-state index in [2.05, 4.69) is 16.2 Å². The summed E-state index contributed by atoms with van der Waals surface area (Å²) in [5.41, 5.74) is 9.45. The Bertz CT molecular complexity index is 908. The second-order valence-electron chi connectivity index (χ2n) is 7.66. The van der Waals surface area contributed by atoms with Crippen molar-refractivity contribution in [3.8, 4) is 23.0 Å². The summed E-state index contributed by atoms with van der Waals surface area (Å²) in [6.45, 7) is 5.95. The third-order valence-corrected chi connectivity index (χ3v) is 5.44. The van der Waals surface area contributed by atoms with E-state index in [-0.39, 0.29) is 30.6 Å². The maximum atomic E-state index is 12.6. The molecule has 0 aromatic heterocycles. The van der Waals surface area contributed by atoms with E-state index in [0.29, 0.717) is 23.0 Å². The van der Waals surface area contributed by atoms with Gasteiger partial charge in [0.2, 0.25) is 5.75 Å². The number of carbonyl (C=O) groups is 1. The Morgan fingerprint density at radius 3 is 2.23 bits per heavy atom. The number of aryl methyl sites for hydroxylation is 2. The van der Waals surface area contributed by atoms with Crippen LogP contribution in [0, 0.1) is 13.8 Å². The standard InChI is InChI=1S/C23H31N3O5/c1-13-7-8-17(14(2)9-13)31-12-20(27)24-23-21(15(3)25-26-23)16-10-18(28-4)22(30-6)19(11-16)29-5/h7-11,15,21,23,25-26H,12H2,1-6H3,(H,24,27). The smallest absolute Gasteiger partial charge is 0.259 e. The molecule has 8 nitrogen and oxygen atoms in total. The van der Waals surface area contributed by atoms with E-state index < -0.39 is 0 Å². The molecule has 1 aliphatic heterocycles. The van der Waals surface area contributed by atoms with Crippen molar-refractivity contribution >= 4 is 5.91 Å². The summed E-state index contributed by atoms with van der Waals surface area (Å²) in [4.78, 5) is 12.6. The summed E-state index contributed by atoms with van der Waals surface area (Å²) in [6.07, 6.45) is -0.340. The number of amides is 1. The predicted molar refractivity (Wildman–Crippen MR) is 118 cm³/mol. The molecule has 1 fully saturated rings. The molecule has 0 radical (unpaired) electrons. The topological polar surface area (TPSA) is 90.1 Å². The lowest BCUT2D eigenvalue weighted by atomic mass is 9.90. The van der Waals surface area contributed by atoms with Crippen molar-refractivity contribution in [2.75, 3.05) is 27.9 Å². The first-order chi connectivity index (χ1) is 14.9. The summed E-state index contributed by atoms with van der Waals surface area (Å²) in [7, 11) is 4.73. The van der Waals surface area contributed by atoms with Gasteiger partial charge in [-0.15, -0.1) is 0 Å². The van der Waals surface area contributed by atoms with Crippen molar-refractivity contribution < 1.29 is 23.7 Å². The van der Waals surface area contributed by atoms with E-state index in [1.165, 1.54) is 0 Å². The van der Waals surface area contributed by atoms with Crippen LogP contribution in [0.3, 0.4) is 0 Å². The molecule has 2 aromatic rings. The van der Waals surface area contributed by atoms with Gasteiger partial charge in [0.15, 0.2) is 18.1 Å². The molecule has 3 N–H and O–H groups in total. The molecule has 3 atom stereocenters. The summed E-state index contributed by atoms with van der Waals surface area (Å²) >= 11 is 0. The summed E-state index contributed by atoms with van der Waals surface area (Å²) in [5.74, 6) is 2.08. The maximum absolute atomic E-state index is 12.6. The number of benzene rings is 2. The fourth-order valence-corrected chi connectivity index (χ4v) is 3.91. The quantitative estimate of drug-likeness (QED) is 0.594. The normalized spacial score (nSPS) is 20.3. The zero-order chi connectivity index (χ0) is 22.5. The second kappa shape index (κ2) is 9.89. The van der Waals surface area contributed by atoms with Crippen molar-refractivity contribution in [3.05, 3.63) is 47.0 Å². The molecule has 168 valence electrons. The molecule has 1 saturated heterocycles. The summed E-state index contributed by atoms with van der Waals surface area (Å²) in [6, 6.07) is 9.73. The highest BCUT2D eigenvalue weighted by molar-refractivity contribution is 5.78. The molecule has 31 heavy (non-hydrogen) atoms. The highest BCUT2D eigenvalue weighted by Crippen LogP contribution is 2.41. The van der Waals surface area contributed by atoms with Crippen LogP contribution in [0.1, 0.15) is 29.5 Å². The molecule has 3 unspecified atom stereocenters. The second-order valence-corrected chi connectivity index (χ2v) is 7.66. The van der Waals surface area contributed by atoms with Crippen molar-refractivity contribution in [1.82, 2.24) is 16.2 Å². The van der Waals surface area contributed by atoms with Gasteiger partial charge in [-0.3, -0.25) is 10.2 Å². The number of hydrogen-bond donors (Lipinski definition) is 3. The minimum absolute atomic E-state index is 0.0494. The van der Waals surface area contributed by atoms with Gasteiger partial charge in [-0.05, 0) is 50.1 Å². The molecule has 0 saturated carbocycles. The molecule has 3 rings (SSSR count). The lowest BCUT2D eigenvalue weighted by Gasteiger charge is -2.24. The Balaban J connectivity index is 1.74. The SMILES string of the molecule is COc1cc(C2C(C)NNC2NC(=O)COc2ccc(C)cc2C)cc(OC)c1OC. The van der Waals surface area contributed by atoms with Gasteiger partial charge in [0.1, 0.15) is 11.9 Å². The number of nitrogens with one attached hydrogen (secondary N) is 3. The van der Waals surface area contributed by atoms with Crippen molar-refractivity contribution in [2.45, 2.75) is 38.9 Å². The van der Waals surface area contributed by atoms with E-state index in [4.69, 9.17) is 18.9 Å². The van der Waals surface area contributed by atoms with Crippen LogP contribution in [0.15, 0.2) is 30.3 Å². The average molecular weight is 430 g/mol. The van der Waals surface area contributed by atoms with E-state index in [9.17, 15) is 4.79 Å². The first-order valence-corrected chi connectivity index (χ1v) is 10.2. The van der Waals surface area contributed by atoms with Crippen molar-refractivity contribution in [2.24, 2.45) is 0 Å². The predicted octanol–water partition coefficient (Wildman–Crippen LogP) is 2.43. The van der Waals surface area contributed by atoms with Crippen LogP contribution in [0.2, 0.25) is 0 Å². The van der Waals surface area contributed by atoms with Gasteiger partial charge in [0, 0.05) is 12.0 Å².